The molecule has 130 valence electrons. The number of hydrogen-bond donors (Lipinski definition) is 3. The molecule has 6 nitrogen and oxygen atoms in total. The van der Waals surface area contributed by atoms with E-state index in [1.54, 1.807) is 6.08 Å². The van der Waals surface area contributed by atoms with Gasteiger partial charge in [-0.15, -0.1) is 0 Å². The zero-order chi connectivity index (χ0) is 18.1. The molecule has 3 rings (SSSR count). The smallest absolute Gasteiger partial charge is 0.191 e. The second kappa shape index (κ2) is 6.78. The van der Waals surface area contributed by atoms with Crippen molar-refractivity contribution >= 4 is 52.8 Å². The lowest BCUT2D eigenvalue weighted by atomic mass is 10.2. The number of ether oxygens (including phenoxy) is 2. The molecule has 0 saturated heterocycles. The van der Waals surface area contributed by atoms with Crippen molar-refractivity contribution in [3.8, 4) is 5.75 Å². The van der Waals surface area contributed by atoms with Crippen LogP contribution in [0.4, 0.5) is 15.8 Å². The molecule has 2 aromatic rings. The number of nitrogens with zero attached hydrogens (tertiary/aromatic N) is 1. The summed E-state index contributed by atoms with van der Waals surface area (Å²) < 4.78 is 24.7. The number of alkyl halides is 1. The molecule has 25 heavy (non-hydrogen) atoms. The van der Waals surface area contributed by atoms with Gasteiger partial charge in [0.15, 0.2) is 11.4 Å². The van der Waals surface area contributed by atoms with Crippen LogP contribution in [0.1, 0.15) is 5.69 Å². The van der Waals surface area contributed by atoms with E-state index in [-0.39, 0.29) is 28.0 Å². The number of aromatic nitrogens is 1. The van der Waals surface area contributed by atoms with Crippen LogP contribution in [-0.4, -0.2) is 23.5 Å². The highest BCUT2D eigenvalue weighted by atomic mass is 35.5. The molecule has 0 radical (unpaired) electrons. The molecule has 0 bridgehead atoms. The van der Waals surface area contributed by atoms with Crippen LogP contribution in [0.15, 0.2) is 18.2 Å². The molecule has 4 N–H and O–H groups in total. The first kappa shape index (κ1) is 17.3. The fraction of sp³-hybridized carbons (Fsp3) is 0.125. The molecule has 1 aliphatic heterocycles. The van der Waals surface area contributed by atoms with Gasteiger partial charge in [-0.3, -0.25) is 5.41 Å². The summed E-state index contributed by atoms with van der Waals surface area (Å²) in [4.78, 5) is 4.22. The Kier molecular flexibility index (Phi) is 4.69. The average Bonchev–Trinajstić information content (AvgIpc) is 2.59. The summed E-state index contributed by atoms with van der Waals surface area (Å²) in [5, 5.41) is 11.4. The SMILES string of the molecule is COc1ccc(Nc2cc(C(=N)N)nc3c2=CC(Cl)OC=3)c(F)c1Cl. The summed E-state index contributed by atoms with van der Waals surface area (Å²) >= 11 is 11.9. The van der Waals surface area contributed by atoms with Gasteiger partial charge >= 0.3 is 0 Å². The number of rotatable bonds is 4. The largest absolute Gasteiger partial charge is 0.495 e. The maximum atomic E-state index is 14.5. The van der Waals surface area contributed by atoms with Gasteiger partial charge in [-0.2, -0.15) is 0 Å². The van der Waals surface area contributed by atoms with E-state index in [0.29, 0.717) is 16.3 Å². The Hall–Kier alpha value is -2.51. The van der Waals surface area contributed by atoms with Crippen molar-refractivity contribution in [3.63, 3.8) is 0 Å². The summed E-state index contributed by atoms with van der Waals surface area (Å²) in [5.74, 6) is -0.685. The van der Waals surface area contributed by atoms with E-state index in [2.05, 4.69) is 10.3 Å². The van der Waals surface area contributed by atoms with Crippen LogP contribution in [-0.2, 0) is 4.74 Å². The Balaban J connectivity index is 2.15. The maximum absolute atomic E-state index is 14.5. The molecular weight excluding hydrogens is 370 g/mol. The highest BCUT2D eigenvalue weighted by Crippen LogP contribution is 2.32. The van der Waals surface area contributed by atoms with Crippen LogP contribution >= 0.6 is 23.2 Å². The van der Waals surface area contributed by atoms with Crippen molar-refractivity contribution in [1.29, 1.82) is 5.41 Å². The van der Waals surface area contributed by atoms with Crippen LogP contribution in [0.2, 0.25) is 5.02 Å². The highest BCUT2D eigenvalue weighted by molar-refractivity contribution is 6.32. The fourth-order valence-corrected chi connectivity index (χ4v) is 2.73. The van der Waals surface area contributed by atoms with Gasteiger partial charge in [0.1, 0.15) is 33.9 Å². The monoisotopic (exact) mass is 382 g/mol. The van der Waals surface area contributed by atoms with Gasteiger partial charge in [0.05, 0.1) is 18.5 Å². The van der Waals surface area contributed by atoms with Gasteiger partial charge in [-0.1, -0.05) is 23.2 Å². The Morgan fingerprint density at radius 1 is 1.44 bits per heavy atom. The molecule has 0 saturated carbocycles. The first-order valence-corrected chi connectivity index (χ1v) is 7.88. The Morgan fingerprint density at radius 3 is 2.88 bits per heavy atom. The molecule has 0 fully saturated rings. The highest BCUT2D eigenvalue weighted by Gasteiger charge is 2.16. The Labute approximate surface area is 152 Å². The van der Waals surface area contributed by atoms with E-state index in [1.807, 2.05) is 0 Å². The summed E-state index contributed by atoms with van der Waals surface area (Å²) in [6, 6.07) is 4.55. The average molecular weight is 383 g/mol. The first-order chi connectivity index (χ1) is 11.9. The van der Waals surface area contributed by atoms with Gasteiger partial charge in [0.25, 0.3) is 0 Å². The van der Waals surface area contributed by atoms with Crippen molar-refractivity contribution in [2.24, 2.45) is 5.73 Å². The first-order valence-electron chi connectivity index (χ1n) is 7.06. The van der Waals surface area contributed by atoms with Crippen LogP contribution in [0.5, 0.6) is 5.75 Å². The van der Waals surface area contributed by atoms with E-state index >= 15 is 0 Å². The number of amidine groups is 1. The van der Waals surface area contributed by atoms with E-state index in [1.165, 1.54) is 31.6 Å². The zero-order valence-electron chi connectivity index (χ0n) is 12.9. The third kappa shape index (κ3) is 3.33. The van der Waals surface area contributed by atoms with E-state index < -0.39 is 11.4 Å². The molecule has 0 spiro atoms. The van der Waals surface area contributed by atoms with Gasteiger partial charge < -0.3 is 20.5 Å². The van der Waals surface area contributed by atoms with Crippen LogP contribution < -0.4 is 26.4 Å². The lowest BCUT2D eigenvalue weighted by molar-refractivity contribution is 0.309. The molecular formula is C16H13Cl2FN4O2. The Bertz CT molecular complexity index is 981. The van der Waals surface area contributed by atoms with Crippen molar-refractivity contribution in [2.45, 2.75) is 5.56 Å². The molecule has 2 heterocycles. The number of nitrogens with two attached hydrogens (primary N) is 1. The minimum absolute atomic E-state index is 0.125. The van der Waals surface area contributed by atoms with Crippen LogP contribution in [0, 0.1) is 11.2 Å². The number of nitrogen functional groups attached to an aromatic ring is 1. The van der Waals surface area contributed by atoms with Gasteiger partial charge in [-0.25, -0.2) is 9.37 Å². The van der Waals surface area contributed by atoms with Crippen molar-refractivity contribution in [1.82, 2.24) is 4.98 Å². The maximum Gasteiger partial charge on any atom is 0.191 e. The van der Waals surface area contributed by atoms with E-state index in [0.717, 1.165) is 0 Å². The molecule has 9 heteroatoms. The number of anilines is 2. The Morgan fingerprint density at radius 2 is 2.20 bits per heavy atom. The van der Waals surface area contributed by atoms with Crippen molar-refractivity contribution < 1.29 is 13.9 Å². The quantitative estimate of drug-likeness (QED) is 0.427. The number of nitrogens with one attached hydrogen (secondary N) is 2. The predicted molar refractivity (Wildman–Crippen MR) is 95.4 cm³/mol. The number of hydrogen-bond acceptors (Lipinski definition) is 5. The molecule has 1 atom stereocenters. The van der Waals surface area contributed by atoms with Crippen LogP contribution in [0.25, 0.3) is 12.3 Å². The fourth-order valence-electron chi connectivity index (χ4n) is 2.31. The second-order valence-corrected chi connectivity index (χ2v) is 5.92. The molecule has 0 aliphatic carbocycles. The van der Waals surface area contributed by atoms with E-state index in [4.69, 9.17) is 43.8 Å². The summed E-state index contributed by atoms with van der Waals surface area (Å²) in [5.41, 5.74) is 5.62. The molecule has 1 aliphatic rings. The summed E-state index contributed by atoms with van der Waals surface area (Å²) in [6.45, 7) is 0. The third-order valence-corrected chi connectivity index (χ3v) is 4.09. The van der Waals surface area contributed by atoms with Gasteiger partial charge in [0, 0.05) is 5.22 Å². The zero-order valence-corrected chi connectivity index (χ0v) is 14.5. The topological polar surface area (TPSA) is 93.2 Å². The molecule has 1 unspecified atom stereocenters. The molecule has 0 amide bonds. The normalized spacial score (nSPS) is 15.3. The molecule has 1 aromatic carbocycles. The number of benzene rings is 1. The number of fused-ring (bicyclic) bond motifs is 1. The predicted octanol–water partition coefficient (Wildman–Crippen LogP) is 2.02. The molecule has 1 aromatic heterocycles. The lowest BCUT2D eigenvalue weighted by Crippen LogP contribution is -2.37. The van der Waals surface area contributed by atoms with Crippen LogP contribution in [0.3, 0.4) is 0 Å². The number of methoxy groups -OCH3 is 1. The van der Waals surface area contributed by atoms with E-state index in [9.17, 15) is 4.39 Å². The van der Waals surface area contributed by atoms with Crippen molar-refractivity contribution in [2.75, 3.05) is 12.4 Å². The lowest BCUT2D eigenvalue weighted by Gasteiger charge is -2.15. The number of pyridine rings is 1. The summed E-state index contributed by atoms with van der Waals surface area (Å²) in [6.07, 6.45) is 2.97. The summed E-state index contributed by atoms with van der Waals surface area (Å²) in [7, 11) is 1.40. The van der Waals surface area contributed by atoms with Gasteiger partial charge in [0.2, 0.25) is 0 Å². The minimum Gasteiger partial charge on any atom is -0.495 e. The number of halogens is 3. The van der Waals surface area contributed by atoms with Gasteiger partial charge in [-0.05, 0) is 24.3 Å². The van der Waals surface area contributed by atoms with Crippen molar-refractivity contribution in [3.05, 3.63) is 45.3 Å². The third-order valence-electron chi connectivity index (χ3n) is 3.51. The standard InChI is InChI=1S/C16H13Cl2FN4O2/c1-24-12-3-2-8(15(19)14(12)18)22-9-5-10(16(20)21)23-11-6-25-13(17)4-7(9)11/h2-6,13,22H,1H3,(H3,20,21). The second-order valence-electron chi connectivity index (χ2n) is 5.11. The minimum atomic E-state index is -0.692.